The number of urea groups is 1. The van der Waals surface area contributed by atoms with Gasteiger partial charge < -0.3 is 20.9 Å². The van der Waals surface area contributed by atoms with Crippen molar-refractivity contribution in [2.24, 2.45) is 5.73 Å². The van der Waals surface area contributed by atoms with Crippen molar-refractivity contribution in [2.75, 3.05) is 24.3 Å². The number of nitrogens with zero attached hydrogens (tertiary/aromatic N) is 4. The third-order valence-corrected chi connectivity index (χ3v) is 7.77. The number of fused-ring (bicyclic) bond motifs is 1. The Morgan fingerprint density at radius 1 is 0.892 bits per heavy atom. The molecule has 0 radical (unpaired) electrons. The first-order chi connectivity index (χ1) is 18.0. The molecule has 0 aliphatic heterocycles. The van der Waals surface area contributed by atoms with Gasteiger partial charge >= 0.3 is 6.03 Å². The minimum absolute atomic E-state index is 0.0720. The van der Waals surface area contributed by atoms with Crippen LogP contribution >= 0.6 is 0 Å². The van der Waals surface area contributed by atoms with Crippen molar-refractivity contribution in [3.05, 3.63) is 83.0 Å². The topological polar surface area (TPSA) is 87.4 Å². The smallest absolute Gasteiger partial charge is 0.315 e. The molecule has 37 heavy (non-hydrogen) atoms. The van der Waals surface area contributed by atoms with Crippen LogP contribution in [0.3, 0.4) is 0 Å². The number of rotatable bonds is 7. The Hall–Kier alpha value is -3.61. The number of anilines is 2. The molecule has 2 aliphatic carbocycles. The van der Waals surface area contributed by atoms with Gasteiger partial charge in [0.05, 0.1) is 11.7 Å². The van der Waals surface area contributed by atoms with E-state index < -0.39 is 0 Å². The SMILES string of the molecule is CN(C)c1nc(N[C@H]2CC[C@@H](N(C(N)=O)C(c3ccccc3)c3ccccc3)CC2)nc2c1CCCC2. The van der Waals surface area contributed by atoms with Gasteiger partial charge in [0.15, 0.2) is 0 Å². The first-order valence-electron chi connectivity index (χ1n) is 13.5. The Morgan fingerprint density at radius 3 is 2.05 bits per heavy atom. The second-order valence-electron chi connectivity index (χ2n) is 10.5. The predicted octanol–water partition coefficient (Wildman–Crippen LogP) is 5.31. The minimum Gasteiger partial charge on any atom is -0.362 e. The molecule has 0 unspecified atom stereocenters. The maximum absolute atomic E-state index is 12.9. The fourth-order valence-corrected chi connectivity index (χ4v) is 5.99. The first kappa shape index (κ1) is 25.1. The first-order valence-corrected chi connectivity index (χ1v) is 13.5. The molecule has 0 saturated heterocycles. The van der Waals surface area contributed by atoms with Gasteiger partial charge in [0.25, 0.3) is 0 Å². The monoisotopic (exact) mass is 498 g/mol. The fourth-order valence-electron chi connectivity index (χ4n) is 5.99. The van der Waals surface area contributed by atoms with Crippen LogP contribution in [-0.4, -0.2) is 47.1 Å². The number of benzene rings is 2. The second kappa shape index (κ2) is 11.2. The number of hydrogen-bond acceptors (Lipinski definition) is 5. The van der Waals surface area contributed by atoms with E-state index >= 15 is 0 Å². The zero-order valence-electron chi connectivity index (χ0n) is 21.9. The Kier molecular flexibility index (Phi) is 7.58. The van der Waals surface area contributed by atoms with E-state index in [9.17, 15) is 4.79 Å². The summed E-state index contributed by atoms with van der Waals surface area (Å²) in [6, 6.07) is 20.2. The lowest BCUT2D eigenvalue weighted by molar-refractivity contribution is 0.140. The van der Waals surface area contributed by atoms with E-state index in [0.29, 0.717) is 0 Å². The van der Waals surface area contributed by atoms with E-state index in [4.69, 9.17) is 15.7 Å². The molecular formula is C30H38N6O. The van der Waals surface area contributed by atoms with Crippen LogP contribution in [0.4, 0.5) is 16.6 Å². The highest BCUT2D eigenvalue weighted by Gasteiger charge is 2.34. The summed E-state index contributed by atoms with van der Waals surface area (Å²) in [5.41, 5.74) is 10.7. The van der Waals surface area contributed by atoms with Gasteiger partial charge in [0.2, 0.25) is 5.95 Å². The van der Waals surface area contributed by atoms with Gasteiger partial charge in [-0.1, -0.05) is 60.7 Å². The fraction of sp³-hybridized carbons (Fsp3) is 0.433. The number of carbonyl (C=O) groups is 1. The quantitative estimate of drug-likeness (QED) is 0.461. The Bertz CT molecular complexity index is 1150. The summed E-state index contributed by atoms with van der Waals surface area (Å²) in [6.07, 6.45) is 8.09. The largest absolute Gasteiger partial charge is 0.362 e. The summed E-state index contributed by atoms with van der Waals surface area (Å²) >= 11 is 0. The van der Waals surface area contributed by atoms with Crippen molar-refractivity contribution >= 4 is 17.8 Å². The third kappa shape index (κ3) is 5.55. The summed E-state index contributed by atoms with van der Waals surface area (Å²) in [5.74, 6) is 1.76. The molecular weight excluding hydrogens is 460 g/mol. The number of primary amides is 1. The molecule has 3 N–H and O–H groups in total. The van der Waals surface area contributed by atoms with Gasteiger partial charge in [0.1, 0.15) is 5.82 Å². The summed E-state index contributed by atoms with van der Waals surface area (Å²) in [5, 5.41) is 3.62. The Balaban J connectivity index is 1.33. The average molecular weight is 499 g/mol. The molecule has 2 amide bonds. The van der Waals surface area contributed by atoms with Crippen LogP contribution in [0.25, 0.3) is 0 Å². The number of nitrogens with two attached hydrogens (primary N) is 1. The maximum atomic E-state index is 12.9. The summed E-state index contributed by atoms with van der Waals surface area (Å²) in [4.78, 5) is 26.7. The molecule has 1 fully saturated rings. The van der Waals surface area contributed by atoms with Crippen LogP contribution in [0.5, 0.6) is 0 Å². The van der Waals surface area contributed by atoms with Crippen molar-refractivity contribution in [3.8, 4) is 0 Å². The van der Waals surface area contributed by atoms with Gasteiger partial charge in [-0.3, -0.25) is 0 Å². The number of aromatic nitrogens is 2. The number of hydrogen-bond donors (Lipinski definition) is 2. The highest BCUT2D eigenvalue weighted by Crippen LogP contribution is 2.36. The summed E-state index contributed by atoms with van der Waals surface area (Å²) in [7, 11) is 4.11. The Morgan fingerprint density at radius 2 is 1.49 bits per heavy atom. The number of carbonyl (C=O) groups excluding carboxylic acids is 1. The van der Waals surface area contributed by atoms with Crippen molar-refractivity contribution in [1.82, 2.24) is 14.9 Å². The summed E-state index contributed by atoms with van der Waals surface area (Å²) < 4.78 is 0. The molecule has 7 nitrogen and oxygen atoms in total. The molecule has 0 spiro atoms. The average Bonchev–Trinajstić information content (AvgIpc) is 2.92. The molecule has 1 saturated carbocycles. The van der Waals surface area contributed by atoms with Crippen molar-refractivity contribution in [1.29, 1.82) is 0 Å². The van der Waals surface area contributed by atoms with Gasteiger partial charge in [-0.05, 0) is 62.5 Å². The molecule has 3 aromatic rings. The van der Waals surface area contributed by atoms with Gasteiger partial charge in [-0.25, -0.2) is 9.78 Å². The van der Waals surface area contributed by atoms with Crippen LogP contribution in [0.2, 0.25) is 0 Å². The molecule has 2 aliphatic rings. The second-order valence-corrected chi connectivity index (χ2v) is 10.5. The number of amides is 2. The highest BCUT2D eigenvalue weighted by molar-refractivity contribution is 5.74. The predicted molar refractivity (Wildman–Crippen MR) is 149 cm³/mol. The van der Waals surface area contributed by atoms with E-state index in [1.54, 1.807) is 0 Å². The van der Waals surface area contributed by atoms with Gasteiger partial charge in [-0.2, -0.15) is 4.98 Å². The highest BCUT2D eigenvalue weighted by atomic mass is 16.2. The normalized spacial score (nSPS) is 19.2. The molecule has 194 valence electrons. The van der Waals surface area contributed by atoms with E-state index in [2.05, 4.69) is 48.6 Å². The maximum Gasteiger partial charge on any atom is 0.315 e. The molecule has 0 atom stereocenters. The number of aryl methyl sites for hydroxylation is 1. The van der Waals surface area contributed by atoms with Crippen LogP contribution in [0, 0.1) is 0 Å². The number of nitrogens with one attached hydrogen (secondary N) is 1. The molecule has 7 heteroatoms. The van der Waals surface area contributed by atoms with Crippen LogP contribution < -0.4 is 16.0 Å². The van der Waals surface area contributed by atoms with Crippen molar-refractivity contribution in [2.45, 2.75) is 69.5 Å². The minimum atomic E-state index is -0.372. The van der Waals surface area contributed by atoms with Crippen molar-refractivity contribution < 1.29 is 4.79 Å². The lowest BCUT2D eigenvalue weighted by Gasteiger charge is -2.41. The lowest BCUT2D eigenvalue weighted by atomic mass is 9.87. The standard InChI is InChI=1S/C30H38N6O/c1-35(2)28-25-15-9-10-16-26(25)33-30(34-28)32-23-17-19-24(20-18-23)36(29(31)37)27(21-11-5-3-6-12-21)22-13-7-4-8-14-22/h3-8,11-14,23-24,27H,9-10,15-20H2,1-2H3,(H2,31,37)(H,32,33,34)/t23-,24+. The zero-order chi connectivity index (χ0) is 25.8. The van der Waals surface area contributed by atoms with Crippen molar-refractivity contribution in [3.63, 3.8) is 0 Å². The molecule has 1 heterocycles. The lowest BCUT2D eigenvalue weighted by Crippen LogP contribution is -2.48. The third-order valence-electron chi connectivity index (χ3n) is 7.77. The molecule has 1 aromatic heterocycles. The van der Waals surface area contributed by atoms with Gasteiger partial charge in [-0.15, -0.1) is 0 Å². The van der Waals surface area contributed by atoms with Gasteiger partial charge in [0, 0.05) is 31.7 Å². The van der Waals surface area contributed by atoms with Crippen LogP contribution in [0.15, 0.2) is 60.7 Å². The van der Waals surface area contributed by atoms with E-state index in [1.807, 2.05) is 41.3 Å². The van der Waals surface area contributed by atoms with E-state index in [-0.39, 0.29) is 24.2 Å². The van der Waals surface area contributed by atoms with Crippen LogP contribution in [0.1, 0.15) is 67.0 Å². The summed E-state index contributed by atoms with van der Waals surface area (Å²) in [6.45, 7) is 0. The van der Waals surface area contributed by atoms with E-state index in [1.165, 1.54) is 24.1 Å². The zero-order valence-corrected chi connectivity index (χ0v) is 21.9. The Labute approximate surface area is 220 Å². The molecule has 5 rings (SSSR count). The molecule has 2 aromatic carbocycles. The van der Waals surface area contributed by atoms with Crippen LogP contribution in [-0.2, 0) is 12.8 Å². The molecule has 0 bridgehead atoms. The van der Waals surface area contributed by atoms with E-state index in [0.717, 1.165) is 61.4 Å².